The van der Waals surface area contributed by atoms with Crippen LogP contribution in [0.1, 0.15) is 11.4 Å². The Bertz CT molecular complexity index is 760. The molecule has 0 aliphatic carbocycles. The van der Waals surface area contributed by atoms with Gasteiger partial charge in [-0.3, -0.25) is 4.79 Å². The Morgan fingerprint density at radius 3 is 3.05 bits per heavy atom. The van der Waals surface area contributed by atoms with Crippen molar-refractivity contribution in [1.29, 1.82) is 0 Å². The van der Waals surface area contributed by atoms with Gasteiger partial charge >= 0.3 is 5.97 Å². The number of hydrogen-bond acceptors (Lipinski definition) is 4. The number of carboxylic acid groups (broad SMARTS) is 1. The van der Waals surface area contributed by atoms with Crippen LogP contribution in [0.15, 0.2) is 29.6 Å². The van der Waals surface area contributed by atoms with E-state index < -0.39 is 5.97 Å². The van der Waals surface area contributed by atoms with Crippen LogP contribution in [-0.4, -0.2) is 26.1 Å². The zero-order chi connectivity index (χ0) is 13.4. The van der Waals surface area contributed by atoms with Crippen LogP contribution in [0.5, 0.6) is 0 Å². The molecule has 3 aromatic rings. The highest BCUT2D eigenvalue weighted by Gasteiger charge is 2.13. The molecule has 96 valence electrons. The van der Waals surface area contributed by atoms with Crippen molar-refractivity contribution in [3.05, 3.63) is 41.0 Å². The Morgan fingerprint density at radius 1 is 1.42 bits per heavy atom. The summed E-state index contributed by atoms with van der Waals surface area (Å²) in [6.07, 6.45) is -0.105. The van der Waals surface area contributed by atoms with Crippen molar-refractivity contribution in [3.63, 3.8) is 0 Å². The smallest absolute Gasteiger partial charge is 0.309 e. The van der Waals surface area contributed by atoms with Gasteiger partial charge in [-0.05, 0) is 42.0 Å². The van der Waals surface area contributed by atoms with Crippen LogP contribution in [0.4, 0.5) is 0 Å². The van der Waals surface area contributed by atoms with Gasteiger partial charge in [0.2, 0.25) is 0 Å². The third kappa shape index (κ3) is 2.10. The quantitative estimate of drug-likeness (QED) is 0.795. The maximum Gasteiger partial charge on any atom is 0.309 e. The number of benzene rings is 1. The number of carboxylic acids is 1. The zero-order valence-corrected chi connectivity index (χ0v) is 11.0. The molecule has 5 nitrogen and oxygen atoms in total. The Hall–Kier alpha value is -2.21. The highest BCUT2D eigenvalue weighted by Crippen LogP contribution is 2.24. The molecule has 6 heteroatoms. The number of aliphatic carboxylic acids is 1. The lowest BCUT2D eigenvalue weighted by Gasteiger charge is -2.03. The van der Waals surface area contributed by atoms with Gasteiger partial charge in [0, 0.05) is 4.70 Å². The number of rotatable bonds is 3. The van der Waals surface area contributed by atoms with Gasteiger partial charge in [0.1, 0.15) is 0 Å². The Balaban J connectivity index is 2.05. The number of carbonyl (C=O) groups is 1. The molecule has 0 saturated carbocycles. The zero-order valence-electron chi connectivity index (χ0n) is 10.2. The van der Waals surface area contributed by atoms with E-state index in [9.17, 15) is 4.79 Å². The van der Waals surface area contributed by atoms with Crippen molar-refractivity contribution in [2.24, 2.45) is 0 Å². The molecule has 0 saturated heterocycles. The number of nitrogens with zero attached hydrogens (tertiary/aromatic N) is 3. The summed E-state index contributed by atoms with van der Waals surface area (Å²) in [7, 11) is 0. The first-order valence-corrected chi connectivity index (χ1v) is 6.64. The molecule has 2 aromatic heterocycles. The molecule has 1 N–H and O–H groups in total. The number of thiophene rings is 1. The first-order valence-electron chi connectivity index (χ1n) is 5.76. The number of fused-ring (bicyclic) bond motifs is 1. The van der Waals surface area contributed by atoms with Crippen molar-refractivity contribution in [2.75, 3.05) is 0 Å². The standard InChI is InChI=1S/C13H11N3O2S/c1-8-11(7-13(17)18)14-15-16(8)10-2-3-12-9(6-10)4-5-19-12/h2-6H,7H2,1H3,(H,17,18). The SMILES string of the molecule is Cc1c(CC(=O)O)nnn1-c1ccc2sccc2c1. The Morgan fingerprint density at radius 2 is 2.26 bits per heavy atom. The molecule has 0 unspecified atom stereocenters. The maximum atomic E-state index is 10.7. The predicted molar refractivity (Wildman–Crippen MR) is 72.8 cm³/mol. The monoisotopic (exact) mass is 273 g/mol. The van der Waals surface area contributed by atoms with Gasteiger partial charge in [-0.1, -0.05) is 5.21 Å². The van der Waals surface area contributed by atoms with Gasteiger partial charge in [-0.2, -0.15) is 0 Å². The summed E-state index contributed by atoms with van der Waals surface area (Å²) in [6.45, 7) is 1.83. The molecular weight excluding hydrogens is 262 g/mol. The average molecular weight is 273 g/mol. The molecule has 0 aliphatic heterocycles. The van der Waals surface area contributed by atoms with Crippen LogP contribution in [0.2, 0.25) is 0 Å². The van der Waals surface area contributed by atoms with E-state index >= 15 is 0 Å². The number of aromatic nitrogens is 3. The van der Waals surface area contributed by atoms with E-state index in [2.05, 4.69) is 10.3 Å². The highest BCUT2D eigenvalue weighted by atomic mass is 32.1. The topological polar surface area (TPSA) is 68.0 Å². The second-order valence-electron chi connectivity index (χ2n) is 4.25. The molecule has 0 atom stereocenters. The Labute approximate surface area is 113 Å². The van der Waals surface area contributed by atoms with E-state index in [0.29, 0.717) is 5.69 Å². The predicted octanol–water partition coefficient (Wildman–Crippen LogP) is 2.42. The molecule has 2 heterocycles. The molecule has 0 bridgehead atoms. The molecule has 19 heavy (non-hydrogen) atoms. The molecule has 0 fully saturated rings. The summed E-state index contributed by atoms with van der Waals surface area (Å²) in [5.41, 5.74) is 2.16. The van der Waals surface area contributed by atoms with Crippen LogP contribution in [0, 0.1) is 6.92 Å². The summed E-state index contributed by atoms with van der Waals surface area (Å²) >= 11 is 1.69. The molecule has 0 radical (unpaired) electrons. The fraction of sp³-hybridized carbons (Fsp3) is 0.154. The molecule has 0 amide bonds. The Kier molecular flexibility index (Phi) is 2.79. The summed E-state index contributed by atoms with van der Waals surface area (Å²) in [5.74, 6) is -0.900. The van der Waals surface area contributed by atoms with Crippen molar-refractivity contribution < 1.29 is 9.90 Å². The minimum atomic E-state index is -0.900. The van der Waals surface area contributed by atoms with E-state index in [4.69, 9.17) is 5.11 Å². The molecule has 3 rings (SSSR count). The van der Waals surface area contributed by atoms with Gasteiger partial charge in [0.05, 0.1) is 23.5 Å². The minimum absolute atomic E-state index is 0.105. The lowest BCUT2D eigenvalue weighted by Crippen LogP contribution is -2.03. The van der Waals surface area contributed by atoms with Crippen LogP contribution in [-0.2, 0) is 11.2 Å². The fourth-order valence-electron chi connectivity index (χ4n) is 2.00. The van der Waals surface area contributed by atoms with Crippen molar-refractivity contribution in [3.8, 4) is 5.69 Å². The lowest BCUT2D eigenvalue weighted by atomic mass is 10.2. The van der Waals surface area contributed by atoms with E-state index in [0.717, 1.165) is 16.8 Å². The van der Waals surface area contributed by atoms with Crippen molar-refractivity contribution >= 4 is 27.4 Å². The summed E-state index contributed by atoms with van der Waals surface area (Å²) in [5, 5.41) is 20.0. The number of hydrogen-bond donors (Lipinski definition) is 1. The van der Waals surface area contributed by atoms with Gasteiger partial charge in [0.25, 0.3) is 0 Å². The van der Waals surface area contributed by atoms with Crippen LogP contribution >= 0.6 is 11.3 Å². The highest BCUT2D eigenvalue weighted by molar-refractivity contribution is 7.17. The van der Waals surface area contributed by atoms with Crippen molar-refractivity contribution in [2.45, 2.75) is 13.3 Å². The first kappa shape index (κ1) is 11.9. The van der Waals surface area contributed by atoms with Gasteiger partial charge in [0.15, 0.2) is 0 Å². The maximum absolute atomic E-state index is 10.7. The normalized spacial score (nSPS) is 11.0. The second-order valence-corrected chi connectivity index (χ2v) is 5.19. The lowest BCUT2D eigenvalue weighted by molar-refractivity contribution is -0.136. The average Bonchev–Trinajstić information content (AvgIpc) is 2.96. The molecule has 0 aliphatic rings. The van der Waals surface area contributed by atoms with Crippen LogP contribution < -0.4 is 0 Å². The largest absolute Gasteiger partial charge is 0.481 e. The van der Waals surface area contributed by atoms with Crippen LogP contribution in [0.25, 0.3) is 15.8 Å². The first-order chi connectivity index (χ1) is 9.15. The molecule has 0 spiro atoms. The van der Waals surface area contributed by atoms with Gasteiger partial charge in [-0.25, -0.2) is 4.68 Å². The second kappa shape index (κ2) is 4.47. The summed E-state index contributed by atoms with van der Waals surface area (Å²) in [6, 6.07) is 8.07. The summed E-state index contributed by atoms with van der Waals surface area (Å²) in [4.78, 5) is 10.7. The van der Waals surface area contributed by atoms with Crippen molar-refractivity contribution in [1.82, 2.24) is 15.0 Å². The third-order valence-corrected chi connectivity index (χ3v) is 3.89. The van der Waals surface area contributed by atoms with E-state index in [1.807, 2.05) is 36.6 Å². The minimum Gasteiger partial charge on any atom is -0.481 e. The van der Waals surface area contributed by atoms with Gasteiger partial charge < -0.3 is 5.11 Å². The molecule has 1 aromatic carbocycles. The third-order valence-electron chi connectivity index (χ3n) is 2.99. The van der Waals surface area contributed by atoms with E-state index in [-0.39, 0.29) is 6.42 Å². The summed E-state index contributed by atoms with van der Waals surface area (Å²) < 4.78 is 2.89. The van der Waals surface area contributed by atoms with E-state index in [1.54, 1.807) is 16.0 Å². The van der Waals surface area contributed by atoms with Crippen LogP contribution in [0.3, 0.4) is 0 Å². The molecular formula is C13H11N3O2S. The van der Waals surface area contributed by atoms with Gasteiger partial charge in [-0.15, -0.1) is 16.4 Å². The fourth-order valence-corrected chi connectivity index (χ4v) is 2.77. The van der Waals surface area contributed by atoms with E-state index in [1.165, 1.54) is 4.70 Å².